The van der Waals surface area contributed by atoms with Crippen LogP contribution >= 0.6 is 0 Å². The molecule has 0 radical (unpaired) electrons. The number of aliphatic hydroxyl groups is 1. The van der Waals surface area contributed by atoms with Crippen molar-refractivity contribution in [3.8, 4) is 0 Å². The molecule has 9 heteroatoms. The Morgan fingerprint density at radius 2 is 2.11 bits per heavy atom. The Hall–Kier alpha value is -1.90. The fourth-order valence-corrected chi connectivity index (χ4v) is 1.32. The summed E-state index contributed by atoms with van der Waals surface area (Å²) in [5, 5.41) is 15.7. The molecule has 0 aliphatic heterocycles. The zero-order chi connectivity index (χ0) is 14.5. The number of ether oxygens (including phenoxy) is 1. The van der Waals surface area contributed by atoms with Gasteiger partial charge in [0.05, 0.1) is 13.7 Å². The number of carbonyl (C=O) groups excluding carboxylic acids is 1. The number of rotatable bonds is 5. The van der Waals surface area contributed by atoms with E-state index in [1.807, 2.05) is 0 Å². The number of anilines is 1. The zero-order valence-corrected chi connectivity index (χ0v) is 10.0. The number of esters is 1. The molecule has 1 aromatic rings. The van der Waals surface area contributed by atoms with Gasteiger partial charge in [0, 0.05) is 6.54 Å². The summed E-state index contributed by atoms with van der Waals surface area (Å²) in [6.45, 7) is -1.97. The Kier molecular flexibility index (Phi) is 5.04. The van der Waals surface area contributed by atoms with Crippen LogP contribution in [0, 0.1) is 0 Å². The van der Waals surface area contributed by atoms with Gasteiger partial charge in [-0.05, 0) is 12.1 Å². The summed E-state index contributed by atoms with van der Waals surface area (Å²) in [5.74, 6) is -0.817. The van der Waals surface area contributed by atoms with Crippen molar-refractivity contribution in [3.05, 3.63) is 17.8 Å². The number of methoxy groups -OCH3 is 1. The van der Waals surface area contributed by atoms with Gasteiger partial charge in [0.1, 0.15) is 6.54 Å². The molecular formula is C10H12F3N3O3. The fraction of sp³-hybridized carbons (Fsp3) is 0.500. The van der Waals surface area contributed by atoms with Gasteiger partial charge < -0.3 is 14.7 Å². The molecule has 0 fully saturated rings. The van der Waals surface area contributed by atoms with Crippen LogP contribution in [-0.4, -0.2) is 54.3 Å². The van der Waals surface area contributed by atoms with Gasteiger partial charge in [-0.15, -0.1) is 10.2 Å². The molecule has 1 heterocycles. The number of hydrogen-bond donors (Lipinski definition) is 1. The van der Waals surface area contributed by atoms with Gasteiger partial charge >= 0.3 is 12.1 Å². The lowest BCUT2D eigenvalue weighted by molar-refractivity contribution is -0.120. The van der Waals surface area contributed by atoms with Crippen molar-refractivity contribution in [2.75, 3.05) is 31.7 Å². The minimum Gasteiger partial charge on any atom is -0.464 e. The van der Waals surface area contributed by atoms with E-state index in [-0.39, 0.29) is 18.1 Å². The molecule has 0 atom stereocenters. The van der Waals surface area contributed by atoms with E-state index in [9.17, 15) is 18.0 Å². The van der Waals surface area contributed by atoms with Crippen molar-refractivity contribution in [1.29, 1.82) is 0 Å². The zero-order valence-electron chi connectivity index (χ0n) is 10.0. The van der Waals surface area contributed by atoms with E-state index in [4.69, 9.17) is 5.11 Å². The maximum atomic E-state index is 12.3. The van der Waals surface area contributed by atoms with Crippen LogP contribution in [0.4, 0.5) is 19.0 Å². The van der Waals surface area contributed by atoms with Gasteiger partial charge in [0.15, 0.2) is 11.5 Å². The molecule has 1 rings (SSSR count). The van der Waals surface area contributed by atoms with E-state index in [0.717, 1.165) is 12.0 Å². The van der Waals surface area contributed by atoms with E-state index in [1.54, 1.807) is 0 Å². The van der Waals surface area contributed by atoms with Crippen LogP contribution in [-0.2, 0) is 4.74 Å². The van der Waals surface area contributed by atoms with Crippen LogP contribution in [0.3, 0.4) is 0 Å². The maximum Gasteiger partial charge on any atom is 0.405 e. The molecule has 1 N–H and O–H groups in total. The van der Waals surface area contributed by atoms with Crippen LogP contribution < -0.4 is 4.90 Å². The van der Waals surface area contributed by atoms with Crippen LogP contribution in [0.2, 0.25) is 0 Å². The van der Waals surface area contributed by atoms with Gasteiger partial charge in [0.25, 0.3) is 0 Å². The summed E-state index contributed by atoms with van der Waals surface area (Å²) >= 11 is 0. The van der Waals surface area contributed by atoms with Crippen molar-refractivity contribution >= 4 is 11.8 Å². The van der Waals surface area contributed by atoms with Crippen LogP contribution in [0.1, 0.15) is 10.5 Å². The van der Waals surface area contributed by atoms with Crippen molar-refractivity contribution in [2.45, 2.75) is 6.18 Å². The lowest BCUT2D eigenvalue weighted by atomic mass is 10.3. The minimum absolute atomic E-state index is 0.0842. The Morgan fingerprint density at radius 1 is 1.42 bits per heavy atom. The summed E-state index contributed by atoms with van der Waals surface area (Å²) in [6, 6.07) is 2.41. The standard InChI is InChI=1S/C10H12F3N3O3/c1-19-9(18)7-2-3-8(15-14-7)16(4-5-17)6-10(11,12)13/h2-3,17H,4-6H2,1H3. The molecular weight excluding hydrogens is 267 g/mol. The maximum absolute atomic E-state index is 12.3. The molecule has 0 saturated carbocycles. The Labute approximate surface area is 106 Å². The number of alkyl halides is 3. The Morgan fingerprint density at radius 3 is 2.53 bits per heavy atom. The van der Waals surface area contributed by atoms with Crippen LogP contribution in [0.15, 0.2) is 12.1 Å². The molecule has 0 bridgehead atoms. The third-order valence-corrected chi connectivity index (χ3v) is 2.11. The molecule has 19 heavy (non-hydrogen) atoms. The van der Waals surface area contributed by atoms with Crippen molar-refractivity contribution < 1.29 is 27.8 Å². The highest BCUT2D eigenvalue weighted by Gasteiger charge is 2.31. The quantitative estimate of drug-likeness (QED) is 0.796. The Bertz CT molecular complexity index is 422. The first-order valence-electron chi connectivity index (χ1n) is 5.22. The number of aliphatic hydroxyl groups excluding tert-OH is 1. The smallest absolute Gasteiger partial charge is 0.405 e. The third kappa shape index (κ3) is 4.70. The normalized spacial score (nSPS) is 11.2. The van der Waals surface area contributed by atoms with E-state index >= 15 is 0 Å². The van der Waals surface area contributed by atoms with Gasteiger partial charge in [-0.2, -0.15) is 13.2 Å². The summed E-state index contributed by atoms with van der Waals surface area (Å²) in [4.78, 5) is 11.9. The molecule has 0 aliphatic carbocycles. The number of nitrogens with zero attached hydrogens (tertiary/aromatic N) is 3. The number of hydrogen-bond acceptors (Lipinski definition) is 6. The molecule has 0 spiro atoms. The lowest BCUT2D eigenvalue weighted by Gasteiger charge is -2.23. The summed E-state index contributed by atoms with van der Waals surface area (Å²) in [6.07, 6.45) is -4.43. The number of carbonyl (C=O) groups is 1. The molecule has 0 aliphatic rings. The van der Waals surface area contributed by atoms with Crippen LogP contribution in [0.5, 0.6) is 0 Å². The SMILES string of the molecule is COC(=O)c1ccc(N(CCO)CC(F)(F)F)nn1. The molecule has 0 unspecified atom stereocenters. The second kappa shape index (κ2) is 6.32. The highest BCUT2D eigenvalue weighted by atomic mass is 19.4. The van der Waals surface area contributed by atoms with Gasteiger partial charge in [0.2, 0.25) is 0 Å². The second-order valence-corrected chi connectivity index (χ2v) is 3.53. The van der Waals surface area contributed by atoms with Crippen molar-refractivity contribution in [1.82, 2.24) is 10.2 Å². The number of aromatic nitrogens is 2. The predicted octanol–water partition coefficient (Wildman–Crippen LogP) is 0.624. The van der Waals surface area contributed by atoms with E-state index in [2.05, 4.69) is 14.9 Å². The summed E-state index contributed by atoms with van der Waals surface area (Å²) in [7, 11) is 1.15. The summed E-state index contributed by atoms with van der Waals surface area (Å²) < 4.78 is 41.4. The molecule has 0 aromatic carbocycles. The second-order valence-electron chi connectivity index (χ2n) is 3.53. The Balaban J connectivity index is 2.88. The number of halogens is 3. The molecule has 1 aromatic heterocycles. The van der Waals surface area contributed by atoms with Crippen LogP contribution in [0.25, 0.3) is 0 Å². The first-order chi connectivity index (χ1) is 8.87. The first-order valence-corrected chi connectivity index (χ1v) is 5.22. The minimum atomic E-state index is -4.43. The topological polar surface area (TPSA) is 75.5 Å². The fourth-order valence-electron chi connectivity index (χ4n) is 1.32. The van der Waals surface area contributed by atoms with Crippen molar-refractivity contribution in [3.63, 3.8) is 0 Å². The van der Waals surface area contributed by atoms with Gasteiger partial charge in [-0.1, -0.05) is 0 Å². The highest BCUT2D eigenvalue weighted by Crippen LogP contribution is 2.20. The predicted molar refractivity (Wildman–Crippen MR) is 58.7 cm³/mol. The average Bonchev–Trinajstić information content (AvgIpc) is 2.36. The largest absolute Gasteiger partial charge is 0.464 e. The molecule has 0 saturated heterocycles. The first kappa shape index (κ1) is 15.2. The lowest BCUT2D eigenvalue weighted by Crippen LogP contribution is -2.37. The van der Waals surface area contributed by atoms with Gasteiger partial charge in [-0.25, -0.2) is 4.79 Å². The molecule has 6 nitrogen and oxygen atoms in total. The summed E-state index contributed by atoms with van der Waals surface area (Å²) in [5.41, 5.74) is -0.109. The van der Waals surface area contributed by atoms with E-state index in [1.165, 1.54) is 12.1 Å². The van der Waals surface area contributed by atoms with E-state index < -0.39 is 25.3 Å². The average molecular weight is 279 g/mol. The molecule has 0 amide bonds. The van der Waals surface area contributed by atoms with E-state index in [0.29, 0.717) is 0 Å². The highest BCUT2D eigenvalue weighted by molar-refractivity contribution is 5.86. The third-order valence-electron chi connectivity index (χ3n) is 2.11. The van der Waals surface area contributed by atoms with Crippen molar-refractivity contribution in [2.24, 2.45) is 0 Å². The van der Waals surface area contributed by atoms with Gasteiger partial charge in [-0.3, -0.25) is 0 Å². The monoisotopic (exact) mass is 279 g/mol. The molecule has 106 valence electrons.